The Morgan fingerprint density at radius 1 is 0.750 bits per heavy atom. The van der Waals surface area contributed by atoms with Crippen LogP contribution in [0.1, 0.15) is 91.4 Å². The molecule has 4 aliphatic rings. The van der Waals surface area contributed by atoms with Crippen LogP contribution in [0.5, 0.6) is 5.75 Å². The van der Waals surface area contributed by atoms with E-state index in [4.69, 9.17) is 9.72 Å². The minimum Gasteiger partial charge on any atom is -0.489 e. The van der Waals surface area contributed by atoms with Gasteiger partial charge in [0.2, 0.25) is 0 Å². The first kappa shape index (κ1) is 26.5. The van der Waals surface area contributed by atoms with Crippen LogP contribution < -0.4 is 4.74 Å². The van der Waals surface area contributed by atoms with Crippen molar-refractivity contribution in [2.45, 2.75) is 97.5 Å². The Hall–Kier alpha value is -2.35. The molecule has 0 saturated heterocycles. The fraction of sp³-hybridized carbons (Fsp3) is 0.605. The van der Waals surface area contributed by atoms with Gasteiger partial charge in [0.05, 0.1) is 11.0 Å². The van der Waals surface area contributed by atoms with Gasteiger partial charge in [-0.2, -0.15) is 0 Å². The molecule has 5 unspecified atom stereocenters. The number of rotatable bonds is 7. The van der Waals surface area contributed by atoms with Gasteiger partial charge in [0.15, 0.2) is 0 Å². The average molecular weight is 536 g/mol. The Morgan fingerprint density at radius 3 is 2.20 bits per heavy atom. The Balaban J connectivity index is 1.05. The Kier molecular flexibility index (Phi) is 7.40. The minimum atomic E-state index is 0.271. The van der Waals surface area contributed by atoms with Gasteiger partial charge in [-0.15, -0.1) is 0 Å². The summed E-state index contributed by atoms with van der Waals surface area (Å²) in [6.45, 7) is 7.35. The van der Waals surface area contributed by atoms with Crippen molar-refractivity contribution in [1.29, 1.82) is 0 Å². The van der Waals surface area contributed by atoms with E-state index >= 15 is 0 Å². The summed E-state index contributed by atoms with van der Waals surface area (Å²) in [7, 11) is 0. The number of nitrogens with zero attached hydrogens (tertiary/aromatic N) is 1. The van der Waals surface area contributed by atoms with E-state index in [2.05, 4.69) is 75.4 Å². The van der Waals surface area contributed by atoms with Gasteiger partial charge in [0, 0.05) is 17.2 Å². The molecule has 0 amide bonds. The van der Waals surface area contributed by atoms with Crippen LogP contribution in [0.3, 0.4) is 0 Å². The molecule has 2 nitrogen and oxygen atoms in total. The minimum absolute atomic E-state index is 0.271. The zero-order valence-electron chi connectivity index (χ0n) is 25.0. The maximum Gasteiger partial charge on any atom is 0.138 e. The Bertz CT molecular complexity index is 1320. The van der Waals surface area contributed by atoms with E-state index < -0.39 is 0 Å². The molecule has 7 rings (SSSR count). The molecule has 40 heavy (non-hydrogen) atoms. The van der Waals surface area contributed by atoms with Crippen molar-refractivity contribution in [2.75, 3.05) is 0 Å². The van der Waals surface area contributed by atoms with Gasteiger partial charge in [0.1, 0.15) is 11.9 Å². The smallest absolute Gasteiger partial charge is 0.138 e. The number of ether oxygens (including phenoxy) is 1. The van der Waals surface area contributed by atoms with E-state index in [0.29, 0.717) is 0 Å². The summed E-state index contributed by atoms with van der Waals surface area (Å²) in [6.07, 6.45) is 18.2. The summed E-state index contributed by atoms with van der Waals surface area (Å²) in [5, 5.41) is 2.29. The van der Waals surface area contributed by atoms with Crippen LogP contribution in [0.15, 0.2) is 60.2 Å². The van der Waals surface area contributed by atoms with Crippen molar-refractivity contribution in [3.05, 3.63) is 60.2 Å². The quantitative estimate of drug-likeness (QED) is 0.222. The molecular formula is C38H49NO. The lowest BCUT2D eigenvalue weighted by Crippen LogP contribution is -2.42. The van der Waals surface area contributed by atoms with E-state index in [1.54, 1.807) is 5.57 Å². The number of pyridine rings is 1. The number of hydrogen-bond acceptors (Lipinski definition) is 2. The lowest BCUT2D eigenvalue weighted by atomic mass is 9.56. The number of hydrogen-bond donors (Lipinski definition) is 0. The number of allylic oxidation sites excluding steroid dienone is 1. The molecule has 8 atom stereocenters. The van der Waals surface area contributed by atoms with Crippen LogP contribution in [0, 0.1) is 47.3 Å². The van der Waals surface area contributed by atoms with Crippen LogP contribution in [-0.4, -0.2) is 11.1 Å². The first-order valence-electron chi connectivity index (χ1n) is 16.7. The first-order valence-corrected chi connectivity index (χ1v) is 16.7. The Morgan fingerprint density at radius 2 is 1.45 bits per heavy atom. The maximum atomic E-state index is 6.94. The van der Waals surface area contributed by atoms with Crippen LogP contribution in [0.25, 0.3) is 21.8 Å². The molecule has 2 heteroatoms. The van der Waals surface area contributed by atoms with E-state index in [1.165, 1.54) is 64.2 Å². The molecule has 3 saturated carbocycles. The third-order valence-corrected chi connectivity index (χ3v) is 11.8. The molecule has 3 fully saturated rings. The molecular weight excluding hydrogens is 486 g/mol. The number of benzene rings is 2. The van der Waals surface area contributed by atoms with Crippen molar-refractivity contribution in [3.63, 3.8) is 0 Å². The van der Waals surface area contributed by atoms with E-state index in [-0.39, 0.29) is 6.10 Å². The molecule has 0 N–H and O–H groups in total. The fourth-order valence-electron chi connectivity index (χ4n) is 9.90. The van der Waals surface area contributed by atoms with Crippen LogP contribution in [0.4, 0.5) is 0 Å². The molecule has 3 aromatic rings. The highest BCUT2D eigenvalue weighted by atomic mass is 16.5. The van der Waals surface area contributed by atoms with Gasteiger partial charge in [-0.25, -0.2) is 4.98 Å². The molecule has 4 aliphatic carbocycles. The van der Waals surface area contributed by atoms with Crippen molar-refractivity contribution < 1.29 is 4.74 Å². The highest BCUT2D eigenvalue weighted by molar-refractivity contribution is 6.00. The van der Waals surface area contributed by atoms with Crippen molar-refractivity contribution >= 4 is 21.8 Å². The molecule has 1 heterocycles. The summed E-state index contributed by atoms with van der Waals surface area (Å²) in [5.41, 5.74) is 3.80. The predicted molar refractivity (Wildman–Crippen MR) is 167 cm³/mol. The number of fused-ring (bicyclic) bond motifs is 7. The second-order valence-electron chi connectivity index (χ2n) is 14.4. The van der Waals surface area contributed by atoms with Gasteiger partial charge in [-0.3, -0.25) is 0 Å². The standard InChI is InChI=1S/C38H49NO/c1-24(2)9-8-10-25(3)28-19-20-33-30(28)21-22-31-29-18-16-27(23-26(29)15-17-32(31)33)40-38-34-11-4-6-13-36(34)39-37-14-7-5-12-35(37)38/h4-7,11-15,24-25,27-33H,8-10,16-23H2,1-3H3/t25-,27+,28-,29?,30?,31?,32?,33?/m1/s1. The van der Waals surface area contributed by atoms with E-state index in [1.807, 2.05) is 0 Å². The molecule has 1 aromatic heterocycles. The third-order valence-electron chi connectivity index (χ3n) is 11.8. The zero-order chi connectivity index (χ0) is 27.2. The van der Waals surface area contributed by atoms with Crippen molar-refractivity contribution in [3.8, 4) is 5.75 Å². The van der Waals surface area contributed by atoms with Crippen molar-refractivity contribution in [1.82, 2.24) is 4.98 Å². The van der Waals surface area contributed by atoms with Gasteiger partial charge < -0.3 is 4.74 Å². The number of para-hydroxylation sites is 2. The van der Waals surface area contributed by atoms with Gasteiger partial charge >= 0.3 is 0 Å². The summed E-state index contributed by atoms with van der Waals surface area (Å²) in [6, 6.07) is 17.0. The van der Waals surface area contributed by atoms with E-state index in [0.717, 1.165) is 81.3 Å². The lowest BCUT2D eigenvalue weighted by Gasteiger charge is -2.50. The highest BCUT2D eigenvalue weighted by Gasteiger charge is 2.50. The third kappa shape index (κ3) is 4.88. The first-order chi connectivity index (χ1) is 19.6. The van der Waals surface area contributed by atoms with Gasteiger partial charge in [0.25, 0.3) is 0 Å². The monoisotopic (exact) mass is 535 g/mol. The second-order valence-corrected chi connectivity index (χ2v) is 14.4. The second kappa shape index (κ2) is 11.1. The molecule has 212 valence electrons. The molecule has 0 aliphatic heterocycles. The van der Waals surface area contributed by atoms with E-state index in [9.17, 15) is 0 Å². The van der Waals surface area contributed by atoms with Gasteiger partial charge in [-0.05, 0) is 117 Å². The SMILES string of the molecule is CC(C)CCC[C@@H](C)[C@H]1CCC2C3CC=C4C[C@@H](Oc5c6ccccc6nc6ccccc56)CCC4C3CCC21. The average Bonchev–Trinajstić information content (AvgIpc) is 3.41. The summed E-state index contributed by atoms with van der Waals surface area (Å²) in [4.78, 5) is 4.91. The topological polar surface area (TPSA) is 22.1 Å². The molecule has 0 spiro atoms. The van der Waals surface area contributed by atoms with Crippen LogP contribution in [-0.2, 0) is 0 Å². The van der Waals surface area contributed by atoms with Gasteiger partial charge in [-0.1, -0.05) is 75.9 Å². The fourth-order valence-corrected chi connectivity index (χ4v) is 9.90. The Labute approximate surface area is 242 Å². The normalized spacial score (nSPS) is 32.4. The largest absolute Gasteiger partial charge is 0.489 e. The van der Waals surface area contributed by atoms with Crippen LogP contribution in [0.2, 0.25) is 0 Å². The molecule has 2 aromatic carbocycles. The summed E-state index contributed by atoms with van der Waals surface area (Å²) >= 11 is 0. The number of aromatic nitrogens is 1. The zero-order valence-corrected chi connectivity index (χ0v) is 25.0. The lowest BCUT2D eigenvalue weighted by molar-refractivity contribution is 0.0315. The summed E-state index contributed by atoms with van der Waals surface area (Å²) < 4.78 is 6.94. The van der Waals surface area contributed by atoms with Crippen molar-refractivity contribution in [2.24, 2.45) is 47.3 Å². The molecule has 0 bridgehead atoms. The maximum absolute atomic E-state index is 6.94. The van der Waals surface area contributed by atoms with Crippen LogP contribution >= 0.6 is 0 Å². The summed E-state index contributed by atoms with van der Waals surface area (Å²) in [5.74, 6) is 8.52. The predicted octanol–water partition coefficient (Wildman–Crippen LogP) is 10.4. The molecule has 0 radical (unpaired) electrons. The highest BCUT2D eigenvalue weighted by Crippen LogP contribution is 2.59.